The van der Waals surface area contributed by atoms with Gasteiger partial charge in [0.25, 0.3) is 0 Å². The predicted molar refractivity (Wildman–Crippen MR) is 62.7 cm³/mol. The Kier molecular flexibility index (Phi) is 2.92. The predicted octanol–water partition coefficient (Wildman–Crippen LogP) is 2.15. The number of halogens is 1. The molecule has 1 heterocycles. The van der Waals surface area contributed by atoms with Crippen molar-refractivity contribution in [3.8, 4) is 0 Å². The van der Waals surface area contributed by atoms with Crippen LogP contribution in [-0.2, 0) is 6.42 Å². The van der Waals surface area contributed by atoms with Crippen molar-refractivity contribution in [2.75, 3.05) is 6.54 Å². The van der Waals surface area contributed by atoms with Gasteiger partial charge in [-0.1, -0.05) is 6.92 Å². The minimum atomic E-state index is -0.211. The molecule has 0 radical (unpaired) electrons. The number of fused-ring (bicyclic) bond motifs is 1. The van der Waals surface area contributed by atoms with Crippen molar-refractivity contribution in [1.29, 1.82) is 0 Å². The van der Waals surface area contributed by atoms with E-state index in [2.05, 4.69) is 16.9 Å². The Balaban J connectivity index is 2.36. The van der Waals surface area contributed by atoms with Gasteiger partial charge in [-0.05, 0) is 31.0 Å². The summed E-state index contributed by atoms with van der Waals surface area (Å²) < 4.78 is 13.3. The van der Waals surface area contributed by atoms with E-state index in [0.29, 0.717) is 23.5 Å². The van der Waals surface area contributed by atoms with Crippen LogP contribution in [0.3, 0.4) is 0 Å². The van der Waals surface area contributed by atoms with E-state index < -0.39 is 0 Å². The Morgan fingerprint density at radius 2 is 2.25 bits per heavy atom. The third-order valence-corrected chi connectivity index (χ3v) is 2.76. The molecule has 0 amide bonds. The summed E-state index contributed by atoms with van der Waals surface area (Å²) in [6.07, 6.45) is 0.797. The van der Waals surface area contributed by atoms with Gasteiger partial charge >= 0.3 is 0 Å². The summed E-state index contributed by atoms with van der Waals surface area (Å²) in [4.78, 5) is 7.55. The van der Waals surface area contributed by atoms with E-state index in [0.717, 1.165) is 17.8 Å². The van der Waals surface area contributed by atoms with E-state index in [1.807, 2.05) is 0 Å². The third kappa shape index (κ3) is 2.07. The molecule has 3 N–H and O–H groups in total. The molecule has 0 saturated heterocycles. The van der Waals surface area contributed by atoms with Crippen molar-refractivity contribution < 1.29 is 4.39 Å². The molecule has 1 unspecified atom stereocenters. The zero-order valence-electron chi connectivity index (χ0n) is 9.55. The maximum absolute atomic E-state index is 13.3. The number of hydrogen-bond donors (Lipinski definition) is 2. The van der Waals surface area contributed by atoms with Crippen LogP contribution in [0.25, 0.3) is 11.0 Å². The molecule has 0 aliphatic rings. The molecule has 1 aromatic carbocycles. The smallest absolute Gasteiger partial charge is 0.128 e. The highest BCUT2D eigenvalue weighted by molar-refractivity contribution is 5.76. The van der Waals surface area contributed by atoms with Gasteiger partial charge in [0, 0.05) is 12.5 Å². The van der Waals surface area contributed by atoms with Gasteiger partial charge < -0.3 is 10.7 Å². The fourth-order valence-electron chi connectivity index (χ4n) is 1.70. The van der Waals surface area contributed by atoms with E-state index >= 15 is 0 Å². The first-order valence-electron chi connectivity index (χ1n) is 5.45. The zero-order chi connectivity index (χ0) is 11.7. The second kappa shape index (κ2) is 4.22. The number of aromatic amines is 1. The maximum atomic E-state index is 13.3. The standard InChI is InChI=1S/C12H16FN3/c1-7(6-14)3-12-15-10-4-8(2)9(13)5-11(10)16-12/h4-5,7H,3,6,14H2,1-2H3,(H,15,16). The Hall–Kier alpha value is -1.42. The average molecular weight is 221 g/mol. The van der Waals surface area contributed by atoms with Crippen molar-refractivity contribution in [2.24, 2.45) is 11.7 Å². The van der Waals surface area contributed by atoms with Crippen molar-refractivity contribution in [2.45, 2.75) is 20.3 Å². The molecule has 2 rings (SSSR count). The van der Waals surface area contributed by atoms with Gasteiger partial charge in [0.2, 0.25) is 0 Å². The van der Waals surface area contributed by atoms with Crippen LogP contribution in [0, 0.1) is 18.7 Å². The SMILES string of the molecule is Cc1cc2[nH]c(CC(C)CN)nc2cc1F. The number of nitrogens with two attached hydrogens (primary N) is 1. The van der Waals surface area contributed by atoms with Gasteiger partial charge in [0.05, 0.1) is 11.0 Å². The fraction of sp³-hybridized carbons (Fsp3) is 0.417. The first-order valence-corrected chi connectivity index (χ1v) is 5.45. The van der Waals surface area contributed by atoms with Gasteiger partial charge in [-0.2, -0.15) is 0 Å². The summed E-state index contributed by atoms with van der Waals surface area (Å²) in [6, 6.07) is 3.26. The lowest BCUT2D eigenvalue weighted by atomic mass is 10.1. The summed E-state index contributed by atoms with van der Waals surface area (Å²) in [5.74, 6) is 1.04. The molecule has 0 aliphatic heterocycles. The number of benzene rings is 1. The van der Waals surface area contributed by atoms with Gasteiger partial charge in [-0.15, -0.1) is 0 Å². The number of H-pyrrole nitrogens is 1. The maximum Gasteiger partial charge on any atom is 0.128 e. The highest BCUT2D eigenvalue weighted by Crippen LogP contribution is 2.17. The van der Waals surface area contributed by atoms with Crippen LogP contribution >= 0.6 is 0 Å². The summed E-state index contributed by atoms with van der Waals surface area (Å²) in [5, 5.41) is 0. The highest BCUT2D eigenvalue weighted by atomic mass is 19.1. The second-order valence-corrected chi connectivity index (χ2v) is 4.35. The topological polar surface area (TPSA) is 54.7 Å². The lowest BCUT2D eigenvalue weighted by molar-refractivity contribution is 0.578. The Morgan fingerprint density at radius 3 is 2.94 bits per heavy atom. The molecule has 0 bridgehead atoms. The Bertz CT molecular complexity index is 465. The largest absolute Gasteiger partial charge is 0.342 e. The Labute approximate surface area is 93.9 Å². The van der Waals surface area contributed by atoms with Crippen molar-refractivity contribution in [1.82, 2.24) is 9.97 Å². The number of rotatable bonds is 3. The molecule has 2 aromatic rings. The summed E-state index contributed by atoms with van der Waals surface area (Å²) in [5.41, 5.74) is 7.76. The van der Waals surface area contributed by atoms with Gasteiger partial charge in [0.15, 0.2) is 0 Å². The molecule has 3 nitrogen and oxygen atoms in total. The molecular formula is C12H16FN3. The Morgan fingerprint density at radius 1 is 1.50 bits per heavy atom. The number of nitrogens with zero attached hydrogens (tertiary/aromatic N) is 1. The number of hydrogen-bond acceptors (Lipinski definition) is 2. The van der Waals surface area contributed by atoms with E-state index in [9.17, 15) is 4.39 Å². The molecular weight excluding hydrogens is 205 g/mol. The zero-order valence-corrected chi connectivity index (χ0v) is 9.55. The molecule has 0 spiro atoms. The average Bonchev–Trinajstić information content (AvgIpc) is 2.60. The monoisotopic (exact) mass is 221 g/mol. The van der Waals surface area contributed by atoms with Gasteiger partial charge in [-0.25, -0.2) is 9.37 Å². The fourth-order valence-corrected chi connectivity index (χ4v) is 1.70. The molecule has 16 heavy (non-hydrogen) atoms. The number of nitrogens with one attached hydrogen (secondary N) is 1. The van der Waals surface area contributed by atoms with E-state index in [4.69, 9.17) is 5.73 Å². The molecule has 1 atom stereocenters. The molecule has 1 aromatic heterocycles. The highest BCUT2D eigenvalue weighted by Gasteiger charge is 2.08. The molecule has 86 valence electrons. The van der Waals surface area contributed by atoms with Gasteiger partial charge in [0.1, 0.15) is 11.6 Å². The second-order valence-electron chi connectivity index (χ2n) is 4.35. The summed E-state index contributed by atoms with van der Waals surface area (Å²) in [6.45, 7) is 4.45. The quantitative estimate of drug-likeness (QED) is 0.834. The molecule has 0 fully saturated rings. The van der Waals surface area contributed by atoms with Crippen molar-refractivity contribution >= 4 is 11.0 Å². The minimum absolute atomic E-state index is 0.211. The van der Waals surface area contributed by atoms with Crippen LogP contribution in [0.1, 0.15) is 18.3 Å². The first-order chi connectivity index (χ1) is 7.60. The van der Waals surface area contributed by atoms with Gasteiger partial charge in [-0.3, -0.25) is 0 Å². The normalized spacial score (nSPS) is 13.2. The lowest BCUT2D eigenvalue weighted by Gasteiger charge is -2.03. The van der Waals surface area contributed by atoms with Crippen LogP contribution in [0.2, 0.25) is 0 Å². The van der Waals surface area contributed by atoms with E-state index in [-0.39, 0.29) is 5.82 Å². The molecule has 4 heteroatoms. The first kappa shape index (κ1) is 11.1. The summed E-state index contributed by atoms with van der Waals surface area (Å²) >= 11 is 0. The van der Waals surface area contributed by atoms with Crippen LogP contribution in [0.5, 0.6) is 0 Å². The summed E-state index contributed by atoms with van der Waals surface area (Å²) in [7, 11) is 0. The van der Waals surface area contributed by atoms with Crippen LogP contribution in [0.15, 0.2) is 12.1 Å². The third-order valence-electron chi connectivity index (χ3n) is 2.76. The van der Waals surface area contributed by atoms with E-state index in [1.54, 1.807) is 13.0 Å². The van der Waals surface area contributed by atoms with Crippen LogP contribution in [-0.4, -0.2) is 16.5 Å². The number of imidazole rings is 1. The lowest BCUT2D eigenvalue weighted by Crippen LogP contribution is -2.13. The van der Waals surface area contributed by atoms with Crippen LogP contribution in [0.4, 0.5) is 4.39 Å². The van der Waals surface area contributed by atoms with Crippen molar-refractivity contribution in [3.05, 3.63) is 29.3 Å². The minimum Gasteiger partial charge on any atom is -0.342 e. The molecule has 0 aliphatic carbocycles. The van der Waals surface area contributed by atoms with Crippen LogP contribution < -0.4 is 5.73 Å². The molecule has 0 saturated carbocycles. The van der Waals surface area contributed by atoms with Crippen molar-refractivity contribution in [3.63, 3.8) is 0 Å². The number of aromatic nitrogens is 2. The number of aryl methyl sites for hydroxylation is 1. The van der Waals surface area contributed by atoms with E-state index in [1.165, 1.54) is 6.07 Å².